The van der Waals surface area contributed by atoms with Gasteiger partial charge in [0.2, 0.25) is 0 Å². The molecule has 2 fully saturated rings. The van der Waals surface area contributed by atoms with Gasteiger partial charge in [-0.15, -0.1) is 0 Å². The van der Waals surface area contributed by atoms with Crippen molar-refractivity contribution in [2.45, 2.75) is 45.3 Å². The third-order valence-electron chi connectivity index (χ3n) is 3.13. The number of rotatable bonds is 1. The molecule has 0 aromatic heterocycles. The summed E-state index contributed by atoms with van der Waals surface area (Å²) in [6, 6.07) is 0. The molecule has 0 amide bonds. The Labute approximate surface area is 73.3 Å². The van der Waals surface area contributed by atoms with Crippen LogP contribution in [-0.4, -0.2) is 18.0 Å². The second-order valence-electron chi connectivity index (χ2n) is 4.35. The van der Waals surface area contributed by atoms with E-state index in [1.165, 1.54) is 6.42 Å². The molecular weight excluding hydrogens is 152 g/mol. The first-order valence-corrected chi connectivity index (χ1v) is 4.86. The lowest BCUT2D eigenvalue weighted by Crippen LogP contribution is -2.15. The second kappa shape index (κ2) is 2.84. The Morgan fingerprint density at radius 1 is 1.42 bits per heavy atom. The van der Waals surface area contributed by atoms with Gasteiger partial charge in [0.25, 0.3) is 0 Å². The van der Waals surface area contributed by atoms with Crippen molar-refractivity contribution in [3.05, 3.63) is 0 Å². The van der Waals surface area contributed by atoms with Gasteiger partial charge in [-0.05, 0) is 24.7 Å². The second-order valence-corrected chi connectivity index (χ2v) is 4.35. The fourth-order valence-electron chi connectivity index (χ4n) is 2.07. The van der Waals surface area contributed by atoms with E-state index in [0.29, 0.717) is 23.7 Å². The van der Waals surface area contributed by atoms with Crippen molar-refractivity contribution in [3.8, 4) is 0 Å². The lowest BCUT2D eigenvalue weighted by atomic mass is 9.88. The topological polar surface area (TPSA) is 29.6 Å². The van der Waals surface area contributed by atoms with Crippen LogP contribution in [0.1, 0.15) is 33.1 Å². The minimum absolute atomic E-state index is 0.00579. The van der Waals surface area contributed by atoms with E-state index < -0.39 is 0 Å². The molecule has 0 aromatic rings. The molecule has 3 unspecified atom stereocenters. The maximum atomic E-state index is 11.4. The molecule has 2 nitrogen and oxygen atoms in total. The Hall–Kier alpha value is -0.370. The van der Waals surface area contributed by atoms with E-state index >= 15 is 0 Å². The van der Waals surface area contributed by atoms with Crippen LogP contribution < -0.4 is 0 Å². The van der Waals surface area contributed by atoms with Gasteiger partial charge >= 0.3 is 0 Å². The van der Waals surface area contributed by atoms with Gasteiger partial charge in [-0.2, -0.15) is 0 Å². The Morgan fingerprint density at radius 3 is 2.83 bits per heavy atom. The van der Waals surface area contributed by atoms with Gasteiger partial charge in [0, 0.05) is 6.42 Å². The van der Waals surface area contributed by atoms with Crippen LogP contribution in [0.5, 0.6) is 0 Å². The molecule has 0 aromatic carbocycles. The highest BCUT2D eigenvalue weighted by Crippen LogP contribution is 2.37. The summed E-state index contributed by atoms with van der Waals surface area (Å²) in [6.07, 6.45) is 3.30. The van der Waals surface area contributed by atoms with Crippen LogP contribution in [0.4, 0.5) is 0 Å². The maximum Gasteiger partial charge on any atom is 0.164 e. The third kappa shape index (κ3) is 1.40. The summed E-state index contributed by atoms with van der Waals surface area (Å²) in [5.74, 6) is 1.59. The van der Waals surface area contributed by atoms with Crippen LogP contribution in [0.2, 0.25) is 0 Å². The number of carbonyl (C=O) groups excluding carboxylic acids is 1. The average Bonchev–Trinajstić information content (AvgIpc) is 2.73. The Balaban J connectivity index is 1.99. The molecule has 1 aliphatic heterocycles. The van der Waals surface area contributed by atoms with Crippen molar-refractivity contribution in [1.29, 1.82) is 0 Å². The van der Waals surface area contributed by atoms with Crippen LogP contribution >= 0.6 is 0 Å². The summed E-state index contributed by atoms with van der Waals surface area (Å²) in [7, 11) is 0. The van der Waals surface area contributed by atoms with Crippen molar-refractivity contribution < 1.29 is 9.53 Å². The first-order valence-electron chi connectivity index (χ1n) is 4.86. The number of fused-ring (bicyclic) bond motifs is 1. The van der Waals surface area contributed by atoms with E-state index in [0.717, 1.165) is 12.8 Å². The van der Waals surface area contributed by atoms with E-state index in [1.807, 2.05) is 0 Å². The molecule has 2 rings (SSSR count). The third-order valence-corrected chi connectivity index (χ3v) is 3.13. The van der Waals surface area contributed by atoms with Gasteiger partial charge in [0.15, 0.2) is 5.78 Å². The molecule has 0 N–H and O–H groups in total. The van der Waals surface area contributed by atoms with Gasteiger partial charge in [-0.1, -0.05) is 13.8 Å². The summed E-state index contributed by atoms with van der Waals surface area (Å²) in [5.41, 5.74) is 0. The van der Waals surface area contributed by atoms with Crippen molar-refractivity contribution in [3.63, 3.8) is 0 Å². The summed E-state index contributed by atoms with van der Waals surface area (Å²) in [4.78, 5) is 11.4. The largest absolute Gasteiger partial charge is 0.361 e. The number of ketones is 1. The molecule has 1 aliphatic carbocycles. The molecule has 3 atom stereocenters. The fourth-order valence-corrected chi connectivity index (χ4v) is 2.07. The Bertz CT molecular complexity index is 198. The highest BCUT2D eigenvalue weighted by Gasteiger charge is 2.47. The molecule has 1 heterocycles. The number of ether oxygens (including phenoxy) is 1. The van der Waals surface area contributed by atoms with E-state index in [9.17, 15) is 4.79 Å². The first kappa shape index (κ1) is 8.24. The summed E-state index contributed by atoms with van der Waals surface area (Å²) in [5, 5.41) is 0. The SMILES string of the molecule is CC(C)C1CCC2OC2C(=O)C1. The highest BCUT2D eigenvalue weighted by molar-refractivity contribution is 5.86. The summed E-state index contributed by atoms with van der Waals surface area (Å²) < 4.78 is 5.25. The van der Waals surface area contributed by atoms with Gasteiger partial charge < -0.3 is 4.74 Å². The molecule has 68 valence electrons. The van der Waals surface area contributed by atoms with Gasteiger partial charge in [-0.25, -0.2) is 0 Å². The van der Waals surface area contributed by atoms with Crippen LogP contribution in [0.3, 0.4) is 0 Å². The summed E-state index contributed by atoms with van der Waals surface area (Å²) in [6.45, 7) is 4.41. The van der Waals surface area contributed by atoms with Crippen molar-refractivity contribution in [2.24, 2.45) is 11.8 Å². The molecule has 12 heavy (non-hydrogen) atoms. The minimum atomic E-state index is -0.00579. The monoisotopic (exact) mass is 168 g/mol. The normalized spacial score (nSPS) is 40.9. The van der Waals surface area contributed by atoms with Crippen LogP contribution in [0, 0.1) is 11.8 Å². The molecule has 2 heteroatoms. The highest BCUT2D eigenvalue weighted by atomic mass is 16.6. The quantitative estimate of drug-likeness (QED) is 0.558. The van der Waals surface area contributed by atoms with E-state index in [4.69, 9.17) is 4.74 Å². The zero-order valence-electron chi connectivity index (χ0n) is 7.75. The average molecular weight is 168 g/mol. The Kier molecular flexibility index (Phi) is 1.95. The molecule has 0 spiro atoms. The van der Waals surface area contributed by atoms with Gasteiger partial charge in [0.1, 0.15) is 6.10 Å². The number of hydrogen-bond donors (Lipinski definition) is 0. The summed E-state index contributed by atoms with van der Waals surface area (Å²) >= 11 is 0. The van der Waals surface area contributed by atoms with E-state index in [-0.39, 0.29) is 6.10 Å². The molecule has 0 radical (unpaired) electrons. The first-order chi connectivity index (χ1) is 5.68. The molecule has 1 saturated carbocycles. The molecule has 2 aliphatic rings. The van der Waals surface area contributed by atoms with Crippen molar-refractivity contribution in [2.75, 3.05) is 0 Å². The zero-order chi connectivity index (χ0) is 8.72. The zero-order valence-corrected chi connectivity index (χ0v) is 7.75. The van der Waals surface area contributed by atoms with Crippen molar-refractivity contribution >= 4 is 5.78 Å². The molecular formula is C10H16O2. The standard InChI is InChI=1S/C10H16O2/c1-6(2)7-3-4-9-10(12-9)8(11)5-7/h6-7,9-10H,3-5H2,1-2H3. The number of Topliss-reactive ketones (excluding diaryl/α,β-unsaturated/α-hetero) is 1. The van der Waals surface area contributed by atoms with Gasteiger partial charge in [-0.3, -0.25) is 4.79 Å². The van der Waals surface area contributed by atoms with E-state index in [2.05, 4.69) is 13.8 Å². The molecule has 0 bridgehead atoms. The smallest absolute Gasteiger partial charge is 0.164 e. The van der Waals surface area contributed by atoms with Crippen LogP contribution in [0.25, 0.3) is 0 Å². The minimum Gasteiger partial charge on any atom is -0.361 e. The predicted molar refractivity (Wildman–Crippen MR) is 45.8 cm³/mol. The molecule has 1 saturated heterocycles. The lowest BCUT2D eigenvalue weighted by molar-refractivity contribution is -0.121. The predicted octanol–water partition coefficient (Wildman–Crippen LogP) is 1.78. The number of hydrogen-bond acceptors (Lipinski definition) is 2. The van der Waals surface area contributed by atoms with Crippen LogP contribution in [0.15, 0.2) is 0 Å². The van der Waals surface area contributed by atoms with Gasteiger partial charge in [0.05, 0.1) is 6.10 Å². The fraction of sp³-hybridized carbons (Fsp3) is 0.900. The lowest BCUT2D eigenvalue weighted by Gasteiger charge is -2.17. The van der Waals surface area contributed by atoms with E-state index in [1.54, 1.807) is 0 Å². The number of carbonyl (C=O) groups is 1. The number of epoxide rings is 1. The van der Waals surface area contributed by atoms with Crippen LogP contribution in [-0.2, 0) is 9.53 Å². The maximum absolute atomic E-state index is 11.4. The van der Waals surface area contributed by atoms with Crippen molar-refractivity contribution in [1.82, 2.24) is 0 Å². The Morgan fingerprint density at radius 2 is 2.17 bits per heavy atom.